The highest BCUT2D eigenvalue weighted by molar-refractivity contribution is 5.30. The van der Waals surface area contributed by atoms with Crippen LogP contribution in [0.25, 0.3) is 0 Å². The number of nitrogens with zero attached hydrogens (tertiary/aromatic N) is 6. The van der Waals surface area contributed by atoms with Crippen LogP contribution in [0.3, 0.4) is 0 Å². The number of fused-ring (bicyclic) bond motifs is 1. The first-order chi connectivity index (χ1) is 15.2. The molecule has 0 saturated carbocycles. The first-order valence-corrected chi connectivity index (χ1v) is 11.1. The van der Waals surface area contributed by atoms with Crippen LogP contribution in [-0.4, -0.2) is 69.3 Å². The molecule has 0 aliphatic carbocycles. The summed E-state index contributed by atoms with van der Waals surface area (Å²) in [6.45, 7) is 7.22. The molecule has 162 valence electrons. The second-order valence-electron chi connectivity index (χ2n) is 8.68. The van der Waals surface area contributed by atoms with Crippen molar-refractivity contribution in [3.8, 4) is 5.75 Å². The molecule has 0 bridgehead atoms. The highest BCUT2D eigenvalue weighted by atomic mass is 16.5. The Labute approximate surface area is 183 Å². The SMILES string of the molecule is COc1ccc(Cn2nnnc2[C@@H](c2ccc(C)cc2)N2CCN3CCC[C@@H]3C2)cc1. The van der Waals surface area contributed by atoms with Gasteiger partial charge in [0.2, 0.25) is 0 Å². The van der Waals surface area contributed by atoms with Gasteiger partial charge in [-0.05, 0) is 60.0 Å². The molecule has 5 rings (SSSR count). The largest absolute Gasteiger partial charge is 0.497 e. The third-order valence-electron chi connectivity index (χ3n) is 6.67. The molecule has 2 aliphatic heterocycles. The van der Waals surface area contributed by atoms with Gasteiger partial charge in [-0.25, -0.2) is 4.68 Å². The van der Waals surface area contributed by atoms with Gasteiger partial charge in [0.1, 0.15) is 5.75 Å². The number of methoxy groups -OCH3 is 1. The molecule has 31 heavy (non-hydrogen) atoms. The van der Waals surface area contributed by atoms with Crippen molar-refractivity contribution in [2.75, 3.05) is 33.3 Å². The van der Waals surface area contributed by atoms with Gasteiger partial charge in [0, 0.05) is 25.7 Å². The first kappa shape index (κ1) is 20.2. The molecule has 0 radical (unpaired) electrons. The van der Waals surface area contributed by atoms with Gasteiger partial charge < -0.3 is 4.74 Å². The smallest absolute Gasteiger partial charge is 0.173 e. The molecule has 0 amide bonds. The average molecular weight is 419 g/mol. The number of benzene rings is 2. The summed E-state index contributed by atoms with van der Waals surface area (Å²) in [5.41, 5.74) is 3.67. The van der Waals surface area contributed by atoms with E-state index in [0.717, 1.165) is 36.8 Å². The Balaban J connectivity index is 1.46. The summed E-state index contributed by atoms with van der Waals surface area (Å²) in [6, 6.07) is 17.6. The molecule has 2 fully saturated rings. The van der Waals surface area contributed by atoms with Crippen molar-refractivity contribution in [3.05, 3.63) is 71.0 Å². The number of ether oxygens (including phenoxy) is 1. The van der Waals surface area contributed by atoms with Crippen molar-refractivity contribution in [3.63, 3.8) is 0 Å². The van der Waals surface area contributed by atoms with Gasteiger partial charge in [-0.2, -0.15) is 0 Å². The Morgan fingerprint density at radius 1 is 1.03 bits per heavy atom. The highest BCUT2D eigenvalue weighted by Crippen LogP contribution is 2.32. The number of aromatic nitrogens is 4. The summed E-state index contributed by atoms with van der Waals surface area (Å²) < 4.78 is 7.24. The Morgan fingerprint density at radius 2 is 1.84 bits per heavy atom. The van der Waals surface area contributed by atoms with Crippen molar-refractivity contribution < 1.29 is 4.74 Å². The standard InChI is InChI=1S/C24H30N6O/c1-18-5-9-20(10-6-18)23(29-15-14-28-13-3-4-21(28)17-29)24-25-26-27-30(24)16-19-7-11-22(31-2)12-8-19/h5-12,21,23H,3-4,13-17H2,1-2H3/t21-,23-/m1/s1. The third-order valence-corrected chi connectivity index (χ3v) is 6.67. The molecule has 2 aromatic carbocycles. The molecular weight excluding hydrogens is 388 g/mol. The van der Waals surface area contributed by atoms with Crippen molar-refractivity contribution in [2.45, 2.75) is 38.4 Å². The summed E-state index contributed by atoms with van der Waals surface area (Å²) in [6.07, 6.45) is 2.59. The Bertz CT molecular complexity index is 1000. The fraction of sp³-hybridized carbons (Fsp3) is 0.458. The second-order valence-corrected chi connectivity index (χ2v) is 8.68. The van der Waals surface area contributed by atoms with Crippen molar-refractivity contribution in [1.82, 2.24) is 30.0 Å². The fourth-order valence-corrected chi connectivity index (χ4v) is 4.95. The van der Waals surface area contributed by atoms with E-state index in [9.17, 15) is 0 Å². The maximum Gasteiger partial charge on any atom is 0.173 e. The van der Waals surface area contributed by atoms with Crippen LogP contribution in [0.1, 0.15) is 41.4 Å². The minimum absolute atomic E-state index is 0.0524. The molecule has 2 aliphatic rings. The molecule has 0 N–H and O–H groups in total. The maximum atomic E-state index is 5.29. The molecule has 3 heterocycles. The van der Waals surface area contributed by atoms with Gasteiger partial charge in [-0.15, -0.1) is 5.10 Å². The molecule has 7 heteroatoms. The number of hydrogen-bond acceptors (Lipinski definition) is 6. The maximum absolute atomic E-state index is 5.29. The minimum Gasteiger partial charge on any atom is -0.497 e. The van der Waals surface area contributed by atoms with E-state index in [1.54, 1.807) is 7.11 Å². The van der Waals surface area contributed by atoms with Crippen LogP contribution in [0.4, 0.5) is 0 Å². The van der Waals surface area contributed by atoms with Crippen molar-refractivity contribution in [2.24, 2.45) is 0 Å². The van der Waals surface area contributed by atoms with Crippen LogP contribution in [-0.2, 0) is 6.54 Å². The molecular formula is C24H30N6O. The second kappa shape index (κ2) is 8.77. The highest BCUT2D eigenvalue weighted by Gasteiger charge is 2.36. The van der Waals surface area contributed by atoms with E-state index >= 15 is 0 Å². The lowest BCUT2D eigenvalue weighted by Crippen LogP contribution is -2.51. The zero-order valence-corrected chi connectivity index (χ0v) is 18.3. The predicted octanol–water partition coefficient (Wildman–Crippen LogP) is 2.91. The minimum atomic E-state index is 0.0524. The van der Waals surface area contributed by atoms with Crippen LogP contribution in [0.2, 0.25) is 0 Å². The monoisotopic (exact) mass is 418 g/mol. The average Bonchev–Trinajstić information content (AvgIpc) is 3.45. The van der Waals surface area contributed by atoms with E-state index in [1.165, 1.54) is 30.5 Å². The fourth-order valence-electron chi connectivity index (χ4n) is 4.95. The van der Waals surface area contributed by atoms with E-state index in [-0.39, 0.29) is 6.04 Å². The lowest BCUT2D eigenvalue weighted by Gasteiger charge is -2.41. The Morgan fingerprint density at radius 3 is 2.61 bits per heavy atom. The Kier molecular flexibility index (Phi) is 5.70. The zero-order chi connectivity index (χ0) is 21.2. The van der Waals surface area contributed by atoms with Gasteiger partial charge in [-0.3, -0.25) is 9.80 Å². The molecule has 0 unspecified atom stereocenters. The van der Waals surface area contributed by atoms with E-state index in [2.05, 4.69) is 68.6 Å². The zero-order valence-electron chi connectivity index (χ0n) is 18.3. The topological polar surface area (TPSA) is 59.3 Å². The number of piperazine rings is 1. The Hall–Kier alpha value is -2.77. The quantitative estimate of drug-likeness (QED) is 0.614. The number of tetrazole rings is 1. The van der Waals surface area contributed by atoms with Crippen LogP contribution in [0.15, 0.2) is 48.5 Å². The molecule has 7 nitrogen and oxygen atoms in total. The predicted molar refractivity (Wildman–Crippen MR) is 119 cm³/mol. The van der Waals surface area contributed by atoms with Crippen molar-refractivity contribution in [1.29, 1.82) is 0 Å². The molecule has 3 aromatic rings. The molecule has 2 saturated heterocycles. The van der Waals surface area contributed by atoms with Gasteiger partial charge >= 0.3 is 0 Å². The number of rotatable bonds is 6. The van der Waals surface area contributed by atoms with Gasteiger partial charge in [0.25, 0.3) is 0 Å². The lowest BCUT2D eigenvalue weighted by molar-refractivity contribution is 0.0794. The van der Waals surface area contributed by atoms with Crippen LogP contribution >= 0.6 is 0 Å². The van der Waals surface area contributed by atoms with Crippen LogP contribution in [0, 0.1) is 6.92 Å². The lowest BCUT2D eigenvalue weighted by atomic mass is 10.0. The molecule has 1 aromatic heterocycles. The molecule has 2 atom stereocenters. The van der Waals surface area contributed by atoms with E-state index in [1.807, 2.05) is 16.8 Å². The van der Waals surface area contributed by atoms with Crippen molar-refractivity contribution >= 4 is 0 Å². The summed E-state index contributed by atoms with van der Waals surface area (Å²) in [4.78, 5) is 5.22. The van der Waals surface area contributed by atoms with E-state index in [4.69, 9.17) is 4.74 Å². The van der Waals surface area contributed by atoms with Gasteiger partial charge in [0.05, 0.1) is 19.7 Å². The first-order valence-electron chi connectivity index (χ1n) is 11.1. The van der Waals surface area contributed by atoms with Crippen LogP contribution < -0.4 is 4.74 Å². The summed E-state index contributed by atoms with van der Waals surface area (Å²) in [5, 5.41) is 13.0. The molecule has 0 spiro atoms. The van der Waals surface area contributed by atoms with E-state index < -0.39 is 0 Å². The summed E-state index contributed by atoms with van der Waals surface area (Å²) in [5.74, 6) is 1.76. The number of aryl methyl sites for hydroxylation is 1. The third kappa shape index (κ3) is 4.20. The van der Waals surface area contributed by atoms with Gasteiger partial charge in [-0.1, -0.05) is 42.0 Å². The van der Waals surface area contributed by atoms with E-state index in [0.29, 0.717) is 12.6 Å². The summed E-state index contributed by atoms with van der Waals surface area (Å²) in [7, 11) is 1.69. The van der Waals surface area contributed by atoms with Gasteiger partial charge in [0.15, 0.2) is 5.82 Å². The summed E-state index contributed by atoms with van der Waals surface area (Å²) >= 11 is 0. The van der Waals surface area contributed by atoms with Crippen LogP contribution in [0.5, 0.6) is 5.75 Å². The normalized spacial score (nSPS) is 20.5. The number of hydrogen-bond donors (Lipinski definition) is 0.